The largest absolute Gasteiger partial charge is 0.326 e. The predicted octanol–water partition coefficient (Wildman–Crippen LogP) is 3.40. The van der Waals surface area contributed by atoms with Gasteiger partial charge in [0.05, 0.1) is 5.92 Å². The van der Waals surface area contributed by atoms with Crippen molar-refractivity contribution in [3.8, 4) is 0 Å². The summed E-state index contributed by atoms with van der Waals surface area (Å²) in [6, 6.07) is 14.3. The number of rotatable bonds is 4. The average Bonchev–Trinajstić information content (AvgIpc) is 2.97. The van der Waals surface area contributed by atoms with Gasteiger partial charge in [0.1, 0.15) is 0 Å². The van der Waals surface area contributed by atoms with Crippen molar-refractivity contribution in [2.24, 2.45) is 5.92 Å². The van der Waals surface area contributed by atoms with E-state index in [9.17, 15) is 14.4 Å². The molecule has 1 atom stereocenters. The van der Waals surface area contributed by atoms with E-state index >= 15 is 0 Å². The van der Waals surface area contributed by atoms with E-state index in [1.807, 2.05) is 24.3 Å². The number of carbonyl (C=O) groups is 3. The van der Waals surface area contributed by atoms with E-state index in [1.54, 1.807) is 29.2 Å². The lowest BCUT2D eigenvalue weighted by Gasteiger charge is -2.17. The first-order valence-electron chi connectivity index (χ1n) is 8.17. The van der Waals surface area contributed by atoms with Crippen molar-refractivity contribution in [1.82, 2.24) is 0 Å². The summed E-state index contributed by atoms with van der Waals surface area (Å²) in [6.45, 7) is 1.77. The van der Waals surface area contributed by atoms with Crippen molar-refractivity contribution in [3.63, 3.8) is 0 Å². The fraction of sp³-hybridized carbons (Fsp3) is 0.211. The average molecular weight is 416 g/mol. The number of nitrogens with zero attached hydrogens (tertiary/aromatic N) is 1. The molecule has 26 heavy (non-hydrogen) atoms. The van der Waals surface area contributed by atoms with Crippen molar-refractivity contribution in [3.05, 3.63) is 53.0 Å². The lowest BCUT2D eigenvalue weighted by Crippen LogP contribution is -2.28. The monoisotopic (exact) mass is 415 g/mol. The molecule has 0 unspecified atom stereocenters. The van der Waals surface area contributed by atoms with Crippen LogP contribution in [-0.4, -0.2) is 24.3 Å². The topological polar surface area (TPSA) is 78.5 Å². The highest BCUT2D eigenvalue weighted by Gasteiger charge is 2.35. The van der Waals surface area contributed by atoms with Gasteiger partial charge in [-0.3, -0.25) is 14.4 Å². The van der Waals surface area contributed by atoms with Crippen LogP contribution in [0.5, 0.6) is 0 Å². The standard InChI is InChI=1S/C19H18BrN3O3/c1-12(24)21-15-3-2-4-16(10-15)22-19(26)13-9-18(25)23(11-13)17-7-5-14(20)6-8-17/h2-8,10,13H,9,11H2,1H3,(H,21,24)(H,22,26)/t13-/m0/s1. The second kappa shape index (κ2) is 7.70. The van der Waals surface area contributed by atoms with Gasteiger partial charge in [-0.05, 0) is 42.5 Å². The zero-order valence-corrected chi connectivity index (χ0v) is 15.7. The van der Waals surface area contributed by atoms with E-state index in [4.69, 9.17) is 0 Å². The van der Waals surface area contributed by atoms with Gasteiger partial charge in [-0.1, -0.05) is 22.0 Å². The first kappa shape index (κ1) is 18.1. The van der Waals surface area contributed by atoms with Gasteiger partial charge in [0.15, 0.2) is 0 Å². The zero-order chi connectivity index (χ0) is 18.7. The SMILES string of the molecule is CC(=O)Nc1cccc(NC(=O)[C@H]2CC(=O)N(c3ccc(Br)cc3)C2)c1. The van der Waals surface area contributed by atoms with Gasteiger partial charge in [0.25, 0.3) is 0 Å². The van der Waals surface area contributed by atoms with Gasteiger partial charge >= 0.3 is 0 Å². The van der Waals surface area contributed by atoms with Gasteiger partial charge in [-0.25, -0.2) is 0 Å². The third-order valence-corrected chi connectivity index (χ3v) is 4.61. The van der Waals surface area contributed by atoms with Crippen LogP contribution in [-0.2, 0) is 14.4 Å². The third-order valence-electron chi connectivity index (χ3n) is 4.08. The molecule has 1 fully saturated rings. The lowest BCUT2D eigenvalue weighted by molar-refractivity contribution is -0.122. The molecule has 3 rings (SSSR count). The number of nitrogens with one attached hydrogen (secondary N) is 2. The van der Waals surface area contributed by atoms with E-state index in [1.165, 1.54) is 6.92 Å². The molecular formula is C19H18BrN3O3. The lowest BCUT2D eigenvalue weighted by atomic mass is 10.1. The number of hydrogen-bond donors (Lipinski definition) is 2. The van der Waals surface area contributed by atoms with Gasteiger partial charge < -0.3 is 15.5 Å². The van der Waals surface area contributed by atoms with Crippen LogP contribution < -0.4 is 15.5 Å². The summed E-state index contributed by atoms with van der Waals surface area (Å²) in [5, 5.41) is 5.49. The van der Waals surface area contributed by atoms with Crippen molar-refractivity contribution < 1.29 is 14.4 Å². The molecular weight excluding hydrogens is 398 g/mol. The van der Waals surface area contributed by atoms with Crippen LogP contribution in [0.2, 0.25) is 0 Å². The van der Waals surface area contributed by atoms with E-state index in [0.717, 1.165) is 10.2 Å². The van der Waals surface area contributed by atoms with Gasteiger partial charge in [-0.2, -0.15) is 0 Å². The summed E-state index contributed by atoms with van der Waals surface area (Å²) >= 11 is 3.37. The molecule has 0 bridgehead atoms. The predicted molar refractivity (Wildman–Crippen MR) is 104 cm³/mol. The van der Waals surface area contributed by atoms with Gasteiger partial charge in [0.2, 0.25) is 17.7 Å². The molecule has 2 aromatic carbocycles. The molecule has 1 heterocycles. The minimum absolute atomic E-state index is 0.0699. The Kier molecular flexibility index (Phi) is 5.37. The summed E-state index contributed by atoms with van der Waals surface area (Å²) in [4.78, 5) is 37.6. The number of benzene rings is 2. The smallest absolute Gasteiger partial charge is 0.229 e. The highest BCUT2D eigenvalue weighted by Crippen LogP contribution is 2.27. The van der Waals surface area contributed by atoms with Crippen molar-refractivity contribution in [2.45, 2.75) is 13.3 Å². The molecule has 0 spiro atoms. The Balaban J connectivity index is 1.66. The first-order valence-corrected chi connectivity index (χ1v) is 8.96. The van der Waals surface area contributed by atoms with Gasteiger partial charge in [0, 0.05) is 41.4 Å². The number of carbonyl (C=O) groups excluding carboxylic acids is 3. The zero-order valence-electron chi connectivity index (χ0n) is 14.2. The van der Waals surface area contributed by atoms with Crippen LogP contribution in [0.4, 0.5) is 17.1 Å². The molecule has 1 saturated heterocycles. The normalized spacial score (nSPS) is 16.5. The summed E-state index contributed by atoms with van der Waals surface area (Å²) in [7, 11) is 0. The van der Waals surface area contributed by atoms with Crippen LogP contribution in [0, 0.1) is 5.92 Å². The van der Waals surface area contributed by atoms with E-state index < -0.39 is 5.92 Å². The number of amides is 3. The molecule has 0 radical (unpaired) electrons. The van der Waals surface area contributed by atoms with E-state index in [0.29, 0.717) is 17.9 Å². The summed E-state index contributed by atoms with van der Waals surface area (Å²) in [6.07, 6.45) is 0.174. The van der Waals surface area contributed by atoms with Crippen LogP contribution in [0.3, 0.4) is 0 Å². The van der Waals surface area contributed by atoms with Crippen LogP contribution >= 0.6 is 15.9 Å². The Morgan fingerprint density at radius 2 is 1.73 bits per heavy atom. The Hall–Kier alpha value is -2.67. The highest BCUT2D eigenvalue weighted by molar-refractivity contribution is 9.10. The Morgan fingerprint density at radius 3 is 2.38 bits per heavy atom. The molecule has 2 aromatic rings. The van der Waals surface area contributed by atoms with Crippen molar-refractivity contribution in [2.75, 3.05) is 22.1 Å². The van der Waals surface area contributed by atoms with Crippen LogP contribution in [0.25, 0.3) is 0 Å². The van der Waals surface area contributed by atoms with Crippen LogP contribution in [0.1, 0.15) is 13.3 Å². The summed E-state index contributed by atoms with van der Waals surface area (Å²) in [5.74, 6) is -0.881. The quantitative estimate of drug-likeness (QED) is 0.802. The third kappa shape index (κ3) is 4.29. The van der Waals surface area contributed by atoms with Crippen LogP contribution in [0.15, 0.2) is 53.0 Å². The summed E-state index contributed by atoms with van der Waals surface area (Å²) in [5.41, 5.74) is 1.96. The van der Waals surface area contributed by atoms with Gasteiger partial charge in [-0.15, -0.1) is 0 Å². The molecule has 0 aromatic heterocycles. The summed E-state index contributed by atoms with van der Waals surface area (Å²) < 4.78 is 0.932. The second-order valence-electron chi connectivity index (χ2n) is 6.13. The maximum atomic E-state index is 12.5. The molecule has 2 N–H and O–H groups in total. The molecule has 0 aliphatic carbocycles. The molecule has 1 aliphatic heterocycles. The molecule has 1 aliphatic rings. The Labute approximate surface area is 159 Å². The maximum Gasteiger partial charge on any atom is 0.229 e. The highest BCUT2D eigenvalue weighted by atomic mass is 79.9. The van der Waals surface area contributed by atoms with E-state index in [-0.39, 0.29) is 24.1 Å². The second-order valence-corrected chi connectivity index (χ2v) is 7.05. The number of halogens is 1. The molecule has 134 valence electrons. The first-order chi connectivity index (χ1) is 12.4. The minimum atomic E-state index is -0.421. The molecule has 6 nitrogen and oxygen atoms in total. The van der Waals surface area contributed by atoms with E-state index in [2.05, 4.69) is 26.6 Å². The van der Waals surface area contributed by atoms with Crippen molar-refractivity contribution in [1.29, 1.82) is 0 Å². The maximum absolute atomic E-state index is 12.5. The Bertz CT molecular complexity index is 851. The molecule has 7 heteroatoms. The Morgan fingerprint density at radius 1 is 1.08 bits per heavy atom. The van der Waals surface area contributed by atoms with Crippen molar-refractivity contribution >= 4 is 50.7 Å². The number of anilines is 3. The minimum Gasteiger partial charge on any atom is -0.326 e. The number of hydrogen-bond acceptors (Lipinski definition) is 3. The fourth-order valence-electron chi connectivity index (χ4n) is 2.88. The fourth-order valence-corrected chi connectivity index (χ4v) is 3.14. The molecule has 3 amide bonds. The molecule has 0 saturated carbocycles.